The monoisotopic (exact) mass is 387 g/mol. The van der Waals surface area contributed by atoms with Gasteiger partial charge in [-0.05, 0) is 23.5 Å². The second-order valence-corrected chi connectivity index (χ2v) is 7.61. The van der Waals surface area contributed by atoms with E-state index >= 15 is 0 Å². The Bertz CT molecular complexity index is 798. The van der Waals surface area contributed by atoms with Crippen molar-refractivity contribution in [3.05, 3.63) is 58.6 Å². The number of hydrogen-bond acceptors (Lipinski definition) is 4. The summed E-state index contributed by atoms with van der Waals surface area (Å²) in [5, 5.41) is 3.38. The molecule has 0 aliphatic carbocycles. The topological polar surface area (TPSA) is 67.6 Å². The minimum absolute atomic E-state index is 0.192. The molecule has 1 heterocycles. The molecule has 5 nitrogen and oxygen atoms in total. The van der Waals surface area contributed by atoms with Crippen molar-refractivity contribution >= 4 is 23.2 Å². The molecule has 3 N–H and O–H groups in total. The molecule has 0 spiro atoms. The van der Waals surface area contributed by atoms with Crippen LogP contribution in [0.3, 0.4) is 0 Å². The van der Waals surface area contributed by atoms with Crippen molar-refractivity contribution in [1.82, 2.24) is 10.2 Å². The zero-order chi connectivity index (χ0) is 19.4. The van der Waals surface area contributed by atoms with E-state index in [2.05, 4.69) is 41.4 Å². The molecule has 2 aromatic rings. The number of nitrogens with two attached hydrogens (primary N) is 1. The van der Waals surface area contributed by atoms with Gasteiger partial charge in [0.2, 0.25) is 0 Å². The number of anilines is 1. The number of nitrogens with zero attached hydrogens (tertiary/aromatic N) is 1. The van der Waals surface area contributed by atoms with Gasteiger partial charge in [0.1, 0.15) is 5.75 Å². The van der Waals surface area contributed by atoms with E-state index in [1.165, 1.54) is 12.7 Å². The van der Waals surface area contributed by atoms with E-state index in [4.69, 9.17) is 22.1 Å². The lowest BCUT2D eigenvalue weighted by Gasteiger charge is -2.17. The second-order valence-electron chi connectivity index (χ2n) is 7.20. The Balaban J connectivity index is 1.58. The average molecular weight is 388 g/mol. The van der Waals surface area contributed by atoms with Crippen LogP contribution in [0, 0.1) is 11.8 Å². The highest BCUT2D eigenvalue weighted by molar-refractivity contribution is 6.33. The van der Waals surface area contributed by atoms with E-state index in [-0.39, 0.29) is 5.91 Å². The molecule has 1 aliphatic heterocycles. The van der Waals surface area contributed by atoms with Crippen LogP contribution in [0.1, 0.15) is 22.8 Å². The van der Waals surface area contributed by atoms with E-state index in [0.29, 0.717) is 40.4 Å². The molecule has 0 bridgehead atoms. The van der Waals surface area contributed by atoms with Crippen LogP contribution in [0.5, 0.6) is 5.75 Å². The van der Waals surface area contributed by atoms with Gasteiger partial charge in [-0.15, -0.1) is 0 Å². The smallest absolute Gasteiger partial charge is 0.255 e. The summed E-state index contributed by atoms with van der Waals surface area (Å²) >= 11 is 6.07. The quantitative estimate of drug-likeness (QED) is 0.745. The van der Waals surface area contributed by atoms with Crippen LogP contribution >= 0.6 is 11.6 Å². The first-order valence-electron chi connectivity index (χ1n) is 9.15. The van der Waals surface area contributed by atoms with Gasteiger partial charge in [-0.3, -0.25) is 9.69 Å². The fourth-order valence-electron chi connectivity index (χ4n) is 3.61. The molecule has 0 radical (unpaired) electrons. The third kappa shape index (κ3) is 4.73. The van der Waals surface area contributed by atoms with Crippen molar-refractivity contribution in [2.75, 3.05) is 32.5 Å². The van der Waals surface area contributed by atoms with Gasteiger partial charge >= 0.3 is 0 Å². The highest BCUT2D eigenvalue weighted by Gasteiger charge is 2.30. The number of rotatable bonds is 6. The maximum Gasteiger partial charge on any atom is 0.255 e. The van der Waals surface area contributed by atoms with E-state index in [9.17, 15) is 4.79 Å². The van der Waals surface area contributed by atoms with E-state index in [1.807, 2.05) is 6.07 Å². The number of carbonyl (C=O) groups is 1. The van der Waals surface area contributed by atoms with Gasteiger partial charge in [-0.1, -0.05) is 48.9 Å². The first-order chi connectivity index (χ1) is 13.0. The largest absolute Gasteiger partial charge is 0.496 e. The lowest BCUT2D eigenvalue weighted by molar-refractivity contribution is 0.0942. The highest BCUT2D eigenvalue weighted by atomic mass is 35.5. The Morgan fingerprint density at radius 2 is 2.04 bits per heavy atom. The number of benzene rings is 2. The van der Waals surface area contributed by atoms with Crippen LogP contribution in [0.15, 0.2) is 42.5 Å². The van der Waals surface area contributed by atoms with Crippen molar-refractivity contribution in [2.45, 2.75) is 13.5 Å². The van der Waals surface area contributed by atoms with Crippen molar-refractivity contribution in [3.8, 4) is 5.75 Å². The molecule has 3 rings (SSSR count). The molecule has 0 aromatic heterocycles. The summed E-state index contributed by atoms with van der Waals surface area (Å²) in [7, 11) is 1.51. The molecule has 2 atom stereocenters. The third-order valence-corrected chi connectivity index (χ3v) is 5.51. The molecular weight excluding hydrogens is 362 g/mol. The van der Waals surface area contributed by atoms with Crippen molar-refractivity contribution in [2.24, 2.45) is 11.8 Å². The summed E-state index contributed by atoms with van der Waals surface area (Å²) in [4.78, 5) is 15.1. The Morgan fingerprint density at radius 3 is 2.74 bits per heavy atom. The summed E-state index contributed by atoms with van der Waals surface area (Å²) in [6.45, 7) is 5.80. The van der Waals surface area contributed by atoms with Gasteiger partial charge < -0.3 is 15.8 Å². The van der Waals surface area contributed by atoms with Crippen LogP contribution in [-0.4, -0.2) is 37.6 Å². The van der Waals surface area contributed by atoms with Crippen LogP contribution in [0.4, 0.5) is 5.69 Å². The van der Waals surface area contributed by atoms with Gasteiger partial charge in [0, 0.05) is 32.2 Å². The van der Waals surface area contributed by atoms with Gasteiger partial charge in [-0.25, -0.2) is 0 Å². The van der Waals surface area contributed by atoms with Crippen LogP contribution < -0.4 is 15.8 Å². The zero-order valence-corrected chi connectivity index (χ0v) is 16.5. The molecular formula is C21H26ClN3O2. The van der Waals surface area contributed by atoms with E-state index in [0.717, 1.165) is 19.6 Å². The molecule has 2 aromatic carbocycles. The minimum Gasteiger partial charge on any atom is -0.496 e. The number of amides is 1. The Morgan fingerprint density at radius 1 is 1.30 bits per heavy atom. The second kappa shape index (κ2) is 8.63. The summed E-state index contributed by atoms with van der Waals surface area (Å²) < 4.78 is 5.27. The predicted octanol–water partition coefficient (Wildman–Crippen LogP) is 3.43. The fourth-order valence-corrected chi connectivity index (χ4v) is 3.78. The predicted molar refractivity (Wildman–Crippen MR) is 109 cm³/mol. The minimum atomic E-state index is -0.192. The molecule has 0 unspecified atom stereocenters. The first kappa shape index (κ1) is 19.5. The summed E-state index contributed by atoms with van der Waals surface area (Å²) in [5.74, 6) is 1.17. The Labute approximate surface area is 165 Å². The average Bonchev–Trinajstić information content (AvgIpc) is 3.01. The highest BCUT2D eigenvalue weighted by Crippen LogP contribution is 2.29. The fraction of sp³-hybridized carbons (Fsp3) is 0.381. The van der Waals surface area contributed by atoms with E-state index < -0.39 is 0 Å². The standard InChI is InChI=1S/C21H26ClN3O2/c1-14-11-25(12-15-6-4-3-5-7-15)13-16(14)10-24-21(26)17-8-18(22)19(23)9-20(17)27-2/h3-9,14,16H,10-13,23H2,1-2H3,(H,24,26)/t14-,16+/m0/s1. The van der Waals surface area contributed by atoms with Gasteiger partial charge in [0.15, 0.2) is 0 Å². The number of ether oxygens (including phenoxy) is 1. The molecule has 6 heteroatoms. The van der Waals surface area contributed by atoms with Gasteiger partial charge in [0.25, 0.3) is 5.91 Å². The molecule has 0 saturated carbocycles. The van der Waals surface area contributed by atoms with Crippen molar-refractivity contribution in [3.63, 3.8) is 0 Å². The zero-order valence-electron chi connectivity index (χ0n) is 15.7. The molecule has 27 heavy (non-hydrogen) atoms. The number of likely N-dealkylation sites (tertiary alicyclic amines) is 1. The molecule has 1 fully saturated rings. The molecule has 1 amide bonds. The number of carbonyl (C=O) groups excluding carboxylic acids is 1. The lowest BCUT2D eigenvalue weighted by atomic mass is 9.98. The van der Waals surface area contributed by atoms with Crippen LogP contribution in [-0.2, 0) is 6.54 Å². The first-order valence-corrected chi connectivity index (χ1v) is 9.53. The molecule has 1 saturated heterocycles. The Hall–Kier alpha value is -2.24. The number of nitrogen functional groups attached to an aromatic ring is 1. The van der Waals surface area contributed by atoms with Crippen LogP contribution in [0.2, 0.25) is 5.02 Å². The summed E-state index contributed by atoms with van der Waals surface area (Å²) in [5.41, 5.74) is 7.90. The number of methoxy groups -OCH3 is 1. The van der Waals surface area contributed by atoms with Gasteiger partial charge in [0.05, 0.1) is 23.4 Å². The number of hydrogen-bond donors (Lipinski definition) is 2. The normalized spacial score (nSPS) is 19.8. The molecule has 1 aliphatic rings. The third-order valence-electron chi connectivity index (χ3n) is 5.18. The molecule has 144 valence electrons. The maximum absolute atomic E-state index is 12.6. The Kier molecular flexibility index (Phi) is 6.24. The van der Waals surface area contributed by atoms with Crippen molar-refractivity contribution < 1.29 is 9.53 Å². The number of nitrogens with one attached hydrogen (secondary N) is 1. The van der Waals surface area contributed by atoms with Gasteiger partial charge in [-0.2, -0.15) is 0 Å². The van der Waals surface area contributed by atoms with E-state index in [1.54, 1.807) is 12.1 Å². The summed E-state index contributed by atoms with van der Waals surface area (Å²) in [6.07, 6.45) is 0. The number of halogens is 1. The lowest BCUT2D eigenvalue weighted by Crippen LogP contribution is -2.32. The maximum atomic E-state index is 12.6. The van der Waals surface area contributed by atoms with Crippen molar-refractivity contribution in [1.29, 1.82) is 0 Å². The SMILES string of the molecule is COc1cc(N)c(Cl)cc1C(=O)NC[C@@H]1CN(Cc2ccccc2)C[C@@H]1C. The van der Waals surface area contributed by atoms with Crippen LogP contribution in [0.25, 0.3) is 0 Å². The summed E-state index contributed by atoms with van der Waals surface area (Å²) in [6, 6.07) is 13.6.